The molecule has 0 aliphatic heterocycles. The number of thiophene rings is 1. The van der Waals surface area contributed by atoms with Crippen LogP contribution in [0.5, 0.6) is 0 Å². The van der Waals surface area contributed by atoms with Crippen LogP contribution in [0.4, 0.5) is 15.8 Å². The zero-order chi connectivity index (χ0) is 20.4. The third kappa shape index (κ3) is 3.88. The topological polar surface area (TPSA) is 33.2 Å². The molecule has 0 radical (unpaired) electrons. The summed E-state index contributed by atoms with van der Waals surface area (Å²) < 4.78 is 14.4. The summed E-state index contributed by atoms with van der Waals surface area (Å²) in [5.74, 6) is -0.418. The third-order valence-electron chi connectivity index (χ3n) is 4.85. The predicted octanol–water partition coefficient (Wildman–Crippen LogP) is 6.89. The summed E-state index contributed by atoms with van der Waals surface area (Å²) in [6, 6.07) is 14.8. The Morgan fingerprint density at radius 3 is 2.55 bits per heavy atom. The van der Waals surface area contributed by atoms with E-state index in [2.05, 4.69) is 4.98 Å². The number of hydrogen-bond donors (Lipinski definition) is 0. The van der Waals surface area contributed by atoms with E-state index in [9.17, 15) is 9.18 Å². The van der Waals surface area contributed by atoms with Crippen molar-refractivity contribution in [2.75, 3.05) is 4.90 Å². The molecule has 2 aromatic heterocycles. The van der Waals surface area contributed by atoms with Crippen LogP contribution < -0.4 is 4.90 Å². The Bertz CT molecular complexity index is 1140. The van der Waals surface area contributed by atoms with Crippen LogP contribution in [0, 0.1) is 5.82 Å². The first-order valence-corrected chi connectivity index (χ1v) is 10.5. The van der Waals surface area contributed by atoms with Crippen LogP contribution in [-0.2, 0) is 0 Å². The van der Waals surface area contributed by atoms with Crippen molar-refractivity contribution in [3.63, 3.8) is 0 Å². The fourth-order valence-electron chi connectivity index (χ4n) is 3.46. The molecule has 6 heteroatoms. The molecule has 1 atom stereocenters. The van der Waals surface area contributed by atoms with E-state index in [-0.39, 0.29) is 11.6 Å². The number of carbonyl (C=O) groups excluding carboxylic acids is 1. The van der Waals surface area contributed by atoms with Crippen LogP contribution in [0.3, 0.4) is 0 Å². The number of aromatic nitrogens is 1. The first-order valence-electron chi connectivity index (χ1n) is 9.24. The molecule has 1 unspecified atom stereocenters. The highest BCUT2D eigenvalue weighted by Crippen LogP contribution is 2.40. The van der Waals surface area contributed by atoms with Gasteiger partial charge in [-0.3, -0.25) is 9.78 Å². The molecule has 2 aromatic carbocycles. The van der Waals surface area contributed by atoms with Crippen LogP contribution in [-0.4, -0.2) is 16.8 Å². The van der Waals surface area contributed by atoms with E-state index in [4.69, 9.17) is 11.6 Å². The molecule has 146 valence electrons. The average Bonchev–Trinajstić information content (AvgIpc) is 3.15. The van der Waals surface area contributed by atoms with Gasteiger partial charge >= 0.3 is 0 Å². The number of pyridine rings is 1. The summed E-state index contributed by atoms with van der Waals surface area (Å²) in [7, 11) is 0. The molecular formula is C23H18ClFN2OS. The summed E-state index contributed by atoms with van der Waals surface area (Å²) >= 11 is 7.74. The number of benzene rings is 2. The molecular weight excluding hydrogens is 407 g/mol. The van der Waals surface area contributed by atoms with Crippen molar-refractivity contribution < 1.29 is 9.18 Å². The lowest BCUT2D eigenvalue weighted by Gasteiger charge is -2.32. The molecule has 0 bridgehead atoms. The molecule has 0 aliphatic rings. The molecule has 4 rings (SSSR count). The van der Waals surface area contributed by atoms with Gasteiger partial charge in [0.2, 0.25) is 0 Å². The molecule has 0 spiro atoms. The van der Waals surface area contributed by atoms with Gasteiger partial charge in [0.1, 0.15) is 5.82 Å². The number of halogens is 2. The van der Waals surface area contributed by atoms with E-state index >= 15 is 0 Å². The molecule has 2 heterocycles. The van der Waals surface area contributed by atoms with Crippen molar-refractivity contribution in [2.45, 2.75) is 19.4 Å². The van der Waals surface area contributed by atoms with Gasteiger partial charge in [-0.15, -0.1) is 11.3 Å². The van der Waals surface area contributed by atoms with Crippen molar-refractivity contribution >= 4 is 50.2 Å². The van der Waals surface area contributed by atoms with E-state index in [0.29, 0.717) is 17.0 Å². The standard InChI is InChI=1S/C23H18ClFN2OS/c1-2-20(23(28)15-3-6-17(25)7-4-15)27(18-9-11-26-12-10-18)21-14-29-22-13-16(24)5-8-19(21)22/h3-14,20H,2H2,1H3. The number of anilines is 2. The van der Waals surface area contributed by atoms with Gasteiger partial charge in [0.05, 0.1) is 11.7 Å². The maximum atomic E-state index is 13.4. The zero-order valence-electron chi connectivity index (χ0n) is 15.7. The average molecular weight is 425 g/mol. The SMILES string of the molecule is CCC(C(=O)c1ccc(F)cc1)N(c1ccncc1)c1csc2cc(Cl)ccc12. The Labute approximate surface area is 177 Å². The first-order chi connectivity index (χ1) is 14.1. The maximum Gasteiger partial charge on any atom is 0.185 e. The fraction of sp³-hybridized carbons (Fsp3) is 0.130. The number of fused-ring (bicyclic) bond motifs is 1. The highest BCUT2D eigenvalue weighted by atomic mass is 35.5. The largest absolute Gasteiger partial charge is 0.329 e. The lowest BCUT2D eigenvalue weighted by Crippen LogP contribution is -2.37. The van der Waals surface area contributed by atoms with Crippen molar-refractivity contribution in [3.8, 4) is 0 Å². The smallest absolute Gasteiger partial charge is 0.185 e. The number of carbonyl (C=O) groups is 1. The normalized spacial score (nSPS) is 12.1. The minimum absolute atomic E-state index is 0.0578. The Hall–Kier alpha value is -2.76. The molecule has 4 aromatic rings. The van der Waals surface area contributed by atoms with E-state index in [0.717, 1.165) is 21.5 Å². The van der Waals surface area contributed by atoms with E-state index < -0.39 is 6.04 Å². The summed E-state index contributed by atoms with van der Waals surface area (Å²) in [5.41, 5.74) is 2.30. The van der Waals surface area contributed by atoms with Crippen molar-refractivity contribution in [1.82, 2.24) is 4.98 Å². The van der Waals surface area contributed by atoms with Gasteiger partial charge < -0.3 is 4.90 Å². The van der Waals surface area contributed by atoms with E-state index in [1.807, 2.05) is 47.5 Å². The number of ketones is 1. The van der Waals surface area contributed by atoms with Crippen molar-refractivity contribution in [1.29, 1.82) is 0 Å². The van der Waals surface area contributed by atoms with Gasteiger partial charge in [-0.05, 0) is 61.0 Å². The predicted molar refractivity (Wildman–Crippen MR) is 118 cm³/mol. The maximum absolute atomic E-state index is 13.4. The number of nitrogens with zero attached hydrogens (tertiary/aromatic N) is 2. The number of rotatable bonds is 6. The summed E-state index contributed by atoms with van der Waals surface area (Å²) in [5, 5.41) is 3.75. The second kappa shape index (κ2) is 8.31. The molecule has 3 nitrogen and oxygen atoms in total. The quantitative estimate of drug-likeness (QED) is 0.316. The molecule has 0 fully saturated rings. The third-order valence-corrected chi connectivity index (χ3v) is 6.02. The molecule has 0 saturated heterocycles. The number of Topliss-reactive ketones (excluding diaryl/α,β-unsaturated/α-hetero) is 1. The minimum atomic E-state index is -0.448. The molecule has 0 N–H and O–H groups in total. The highest BCUT2D eigenvalue weighted by Gasteiger charge is 2.29. The lowest BCUT2D eigenvalue weighted by molar-refractivity contribution is 0.0959. The minimum Gasteiger partial charge on any atom is -0.329 e. The van der Waals surface area contributed by atoms with Crippen LogP contribution in [0.15, 0.2) is 72.4 Å². The summed E-state index contributed by atoms with van der Waals surface area (Å²) in [6.45, 7) is 1.98. The number of hydrogen-bond acceptors (Lipinski definition) is 4. The first kappa shape index (κ1) is 19.6. The Morgan fingerprint density at radius 1 is 1.14 bits per heavy atom. The monoisotopic (exact) mass is 424 g/mol. The van der Waals surface area contributed by atoms with Crippen LogP contribution in [0.2, 0.25) is 5.02 Å². The van der Waals surface area contributed by atoms with Crippen LogP contribution >= 0.6 is 22.9 Å². The Balaban J connectivity index is 1.85. The molecule has 0 saturated carbocycles. The Morgan fingerprint density at radius 2 is 1.86 bits per heavy atom. The zero-order valence-corrected chi connectivity index (χ0v) is 17.3. The van der Waals surface area contributed by atoms with Gasteiger partial charge in [0, 0.05) is 44.1 Å². The van der Waals surface area contributed by atoms with E-state index in [1.165, 1.54) is 24.3 Å². The Kier molecular flexibility index (Phi) is 5.60. The van der Waals surface area contributed by atoms with Crippen LogP contribution in [0.1, 0.15) is 23.7 Å². The lowest BCUT2D eigenvalue weighted by atomic mass is 9.99. The fourth-order valence-corrected chi connectivity index (χ4v) is 4.67. The van der Waals surface area contributed by atoms with E-state index in [1.54, 1.807) is 23.7 Å². The highest BCUT2D eigenvalue weighted by molar-refractivity contribution is 7.17. The van der Waals surface area contributed by atoms with Crippen molar-refractivity contribution in [3.05, 3.63) is 88.8 Å². The van der Waals surface area contributed by atoms with Crippen LogP contribution in [0.25, 0.3) is 10.1 Å². The van der Waals surface area contributed by atoms with Gasteiger partial charge in [-0.2, -0.15) is 0 Å². The molecule has 0 aliphatic carbocycles. The van der Waals surface area contributed by atoms with Gasteiger partial charge in [-0.1, -0.05) is 18.5 Å². The van der Waals surface area contributed by atoms with Gasteiger partial charge in [0.15, 0.2) is 5.78 Å². The summed E-state index contributed by atoms with van der Waals surface area (Å²) in [4.78, 5) is 19.5. The summed E-state index contributed by atoms with van der Waals surface area (Å²) in [6.07, 6.45) is 4.01. The molecule has 0 amide bonds. The second-order valence-corrected chi connectivity index (χ2v) is 7.98. The molecule has 29 heavy (non-hydrogen) atoms. The van der Waals surface area contributed by atoms with Gasteiger partial charge in [-0.25, -0.2) is 4.39 Å². The van der Waals surface area contributed by atoms with Gasteiger partial charge in [0.25, 0.3) is 0 Å². The van der Waals surface area contributed by atoms with Crippen molar-refractivity contribution in [2.24, 2.45) is 0 Å². The second-order valence-electron chi connectivity index (χ2n) is 6.63.